The van der Waals surface area contributed by atoms with Crippen LogP contribution in [0.5, 0.6) is 0 Å². The van der Waals surface area contributed by atoms with Crippen LogP contribution in [-0.2, 0) is 4.74 Å². The lowest BCUT2D eigenvalue weighted by molar-refractivity contribution is 0.0885. The standard InChI is InChI=1S/C13H15Cl2NO/c14-7-1-3-11(15)9(5-7)13(16)10-6-8-2-4-12(10)17-8/h1,3,5,8,10,12-13H,2,4,6,16H2. The minimum Gasteiger partial charge on any atom is -0.375 e. The van der Waals surface area contributed by atoms with E-state index in [1.54, 1.807) is 6.07 Å². The van der Waals surface area contributed by atoms with Crippen molar-refractivity contribution in [2.45, 2.75) is 37.5 Å². The van der Waals surface area contributed by atoms with Gasteiger partial charge in [0.1, 0.15) is 0 Å². The molecule has 92 valence electrons. The van der Waals surface area contributed by atoms with Crippen LogP contribution in [0.25, 0.3) is 0 Å². The number of halogens is 2. The molecule has 0 aromatic heterocycles. The van der Waals surface area contributed by atoms with E-state index in [1.807, 2.05) is 12.1 Å². The molecule has 2 nitrogen and oxygen atoms in total. The molecule has 2 saturated heterocycles. The number of rotatable bonds is 2. The molecule has 4 unspecified atom stereocenters. The molecule has 2 N–H and O–H groups in total. The highest BCUT2D eigenvalue weighted by molar-refractivity contribution is 6.33. The van der Waals surface area contributed by atoms with E-state index in [1.165, 1.54) is 6.42 Å². The maximum Gasteiger partial charge on any atom is 0.0627 e. The van der Waals surface area contributed by atoms with Crippen molar-refractivity contribution >= 4 is 23.2 Å². The fraction of sp³-hybridized carbons (Fsp3) is 0.538. The highest BCUT2D eigenvalue weighted by Crippen LogP contribution is 2.45. The highest BCUT2D eigenvalue weighted by atomic mass is 35.5. The normalized spacial score (nSPS) is 33.0. The summed E-state index contributed by atoms with van der Waals surface area (Å²) in [5.74, 6) is 0.379. The third-order valence-electron chi connectivity index (χ3n) is 3.93. The zero-order valence-electron chi connectivity index (χ0n) is 9.40. The summed E-state index contributed by atoms with van der Waals surface area (Å²) in [6.45, 7) is 0. The molecule has 0 saturated carbocycles. The Morgan fingerprint density at radius 2 is 2.12 bits per heavy atom. The molecule has 2 fully saturated rings. The third-order valence-corrected chi connectivity index (χ3v) is 4.51. The molecule has 2 bridgehead atoms. The first-order chi connectivity index (χ1) is 8.15. The summed E-state index contributed by atoms with van der Waals surface area (Å²) in [6.07, 6.45) is 4.08. The molecule has 3 rings (SSSR count). The van der Waals surface area contributed by atoms with Gasteiger partial charge in [-0.3, -0.25) is 0 Å². The van der Waals surface area contributed by atoms with E-state index in [-0.39, 0.29) is 6.04 Å². The zero-order valence-corrected chi connectivity index (χ0v) is 10.9. The molecular weight excluding hydrogens is 257 g/mol. The average molecular weight is 272 g/mol. The molecule has 17 heavy (non-hydrogen) atoms. The van der Waals surface area contributed by atoms with E-state index in [0.717, 1.165) is 18.4 Å². The maximum atomic E-state index is 6.33. The average Bonchev–Trinajstić information content (AvgIpc) is 2.93. The third kappa shape index (κ3) is 2.08. The minimum absolute atomic E-state index is 0.0727. The Morgan fingerprint density at radius 3 is 2.76 bits per heavy atom. The predicted octanol–water partition coefficient (Wildman–Crippen LogP) is 3.56. The summed E-state index contributed by atoms with van der Waals surface area (Å²) in [7, 11) is 0. The molecule has 4 heteroatoms. The summed E-state index contributed by atoms with van der Waals surface area (Å²) in [5.41, 5.74) is 7.28. The Kier molecular flexibility index (Phi) is 3.07. The Balaban J connectivity index is 1.86. The maximum absolute atomic E-state index is 6.33. The number of fused-ring (bicyclic) bond motifs is 2. The van der Waals surface area contributed by atoms with Crippen LogP contribution in [0.2, 0.25) is 10.0 Å². The summed E-state index contributed by atoms with van der Waals surface area (Å²) in [6, 6.07) is 5.40. The van der Waals surface area contributed by atoms with E-state index in [9.17, 15) is 0 Å². The second-order valence-electron chi connectivity index (χ2n) is 4.97. The number of ether oxygens (including phenoxy) is 1. The monoisotopic (exact) mass is 271 g/mol. The van der Waals surface area contributed by atoms with Crippen LogP contribution in [-0.4, -0.2) is 12.2 Å². The molecule has 2 heterocycles. The van der Waals surface area contributed by atoms with Crippen molar-refractivity contribution in [2.75, 3.05) is 0 Å². The van der Waals surface area contributed by atoms with Gasteiger partial charge in [0.2, 0.25) is 0 Å². The van der Waals surface area contributed by atoms with Gasteiger partial charge in [-0.15, -0.1) is 0 Å². The van der Waals surface area contributed by atoms with Crippen molar-refractivity contribution in [3.63, 3.8) is 0 Å². The van der Waals surface area contributed by atoms with E-state index < -0.39 is 0 Å². The molecule has 0 amide bonds. The van der Waals surface area contributed by atoms with Crippen molar-refractivity contribution in [1.82, 2.24) is 0 Å². The van der Waals surface area contributed by atoms with Crippen LogP contribution in [0, 0.1) is 5.92 Å². The molecule has 1 aromatic rings. The topological polar surface area (TPSA) is 35.2 Å². The smallest absolute Gasteiger partial charge is 0.0627 e. The Bertz CT molecular complexity index is 437. The molecule has 2 aliphatic rings. The van der Waals surface area contributed by atoms with Crippen LogP contribution in [0.4, 0.5) is 0 Å². The van der Waals surface area contributed by atoms with E-state index in [2.05, 4.69) is 0 Å². The van der Waals surface area contributed by atoms with E-state index in [4.69, 9.17) is 33.7 Å². The van der Waals surface area contributed by atoms with Crippen molar-refractivity contribution in [2.24, 2.45) is 11.7 Å². The van der Waals surface area contributed by atoms with Crippen LogP contribution >= 0.6 is 23.2 Å². The lowest BCUT2D eigenvalue weighted by Crippen LogP contribution is -2.29. The van der Waals surface area contributed by atoms with Crippen molar-refractivity contribution < 1.29 is 4.74 Å². The predicted molar refractivity (Wildman–Crippen MR) is 69.4 cm³/mol. The van der Waals surface area contributed by atoms with Gasteiger partial charge in [-0.25, -0.2) is 0 Å². The first-order valence-corrected chi connectivity index (χ1v) is 6.77. The largest absolute Gasteiger partial charge is 0.375 e. The summed E-state index contributed by atoms with van der Waals surface area (Å²) >= 11 is 12.2. The van der Waals surface area contributed by atoms with Crippen molar-refractivity contribution in [3.8, 4) is 0 Å². The van der Waals surface area contributed by atoms with Gasteiger partial charge in [0, 0.05) is 22.0 Å². The van der Waals surface area contributed by atoms with Gasteiger partial charge < -0.3 is 10.5 Å². The van der Waals surface area contributed by atoms with Gasteiger partial charge in [-0.1, -0.05) is 23.2 Å². The van der Waals surface area contributed by atoms with Gasteiger partial charge in [0.25, 0.3) is 0 Å². The quantitative estimate of drug-likeness (QED) is 0.893. The van der Waals surface area contributed by atoms with Gasteiger partial charge in [-0.05, 0) is 43.0 Å². The Morgan fingerprint density at radius 1 is 1.29 bits per heavy atom. The lowest BCUT2D eigenvalue weighted by Gasteiger charge is -2.26. The molecule has 0 radical (unpaired) electrons. The van der Waals surface area contributed by atoms with E-state index in [0.29, 0.717) is 28.2 Å². The lowest BCUT2D eigenvalue weighted by atomic mass is 9.81. The number of nitrogens with two attached hydrogens (primary N) is 1. The first-order valence-electron chi connectivity index (χ1n) is 6.01. The summed E-state index contributed by atoms with van der Waals surface area (Å²) in [4.78, 5) is 0. The fourth-order valence-electron chi connectivity index (χ4n) is 3.06. The van der Waals surface area contributed by atoms with Gasteiger partial charge in [0.15, 0.2) is 0 Å². The Labute approximate surface area is 111 Å². The van der Waals surface area contributed by atoms with Gasteiger partial charge in [-0.2, -0.15) is 0 Å². The zero-order chi connectivity index (χ0) is 12.0. The fourth-order valence-corrected chi connectivity index (χ4v) is 3.48. The van der Waals surface area contributed by atoms with Crippen molar-refractivity contribution in [3.05, 3.63) is 33.8 Å². The van der Waals surface area contributed by atoms with Crippen LogP contribution < -0.4 is 5.73 Å². The molecule has 0 spiro atoms. The van der Waals surface area contributed by atoms with Crippen LogP contribution in [0.3, 0.4) is 0 Å². The molecule has 1 aromatic carbocycles. The molecule has 2 aliphatic heterocycles. The van der Waals surface area contributed by atoms with Gasteiger partial charge >= 0.3 is 0 Å². The first kappa shape index (κ1) is 11.8. The van der Waals surface area contributed by atoms with Crippen LogP contribution in [0.1, 0.15) is 30.9 Å². The molecular formula is C13H15Cl2NO. The second kappa shape index (κ2) is 4.43. The Hall–Kier alpha value is -0.280. The number of benzene rings is 1. The minimum atomic E-state index is -0.0727. The van der Waals surface area contributed by atoms with Crippen molar-refractivity contribution in [1.29, 1.82) is 0 Å². The van der Waals surface area contributed by atoms with E-state index >= 15 is 0 Å². The SMILES string of the molecule is NC(c1cc(Cl)ccc1Cl)C1CC2CCC1O2. The molecule has 4 atom stereocenters. The second-order valence-corrected chi connectivity index (χ2v) is 5.81. The number of hydrogen-bond acceptors (Lipinski definition) is 2. The molecule has 0 aliphatic carbocycles. The number of hydrogen-bond donors (Lipinski definition) is 1. The highest BCUT2D eigenvalue weighted by Gasteiger charge is 2.44. The van der Waals surface area contributed by atoms with Crippen LogP contribution in [0.15, 0.2) is 18.2 Å². The van der Waals surface area contributed by atoms with Gasteiger partial charge in [0.05, 0.1) is 12.2 Å². The summed E-state index contributed by atoms with van der Waals surface area (Å²) in [5, 5.41) is 1.38. The summed E-state index contributed by atoms with van der Waals surface area (Å²) < 4.78 is 5.84.